The lowest BCUT2D eigenvalue weighted by molar-refractivity contribution is 0.0457. The highest BCUT2D eigenvalue weighted by molar-refractivity contribution is 5.45. The van der Waals surface area contributed by atoms with Crippen molar-refractivity contribution in [3.8, 4) is 0 Å². The fraction of sp³-hybridized carbons (Fsp3) is 0.500. The molecule has 0 aliphatic carbocycles. The van der Waals surface area contributed by atoms with Crippen molar-refractivity contribution in [2.24, 2.45) is 5.73 Å². The fourth-order valence-corrected chi connectivity index (χ4v) is 1.28. The molecule has 1 aromatic heterocycles. The van der Waals surface area contributed by atoms with E-state index in [0.29, 0.717) is 18.5 Å². The van der Waals surface area contributed by atoms with E-state index in [0.717, 1.165) is 5.56 Å². The molecule has 4 nitrogen and oxygen atoms in total. The van der Waals surface area contributed by atoms with Gasteiger partial charge in [0.15, 0.2) is 0 Å². The van der Waals surface area contributed by atoms with Crippen molar-refractivity contribution in [1.82, 2.24) is 4.98 Å². The summed E-state index contributed by atoms with van der Waals surface area (Å²) in [5, 5.41) is 10.00. The van der Waals surface area contributed by atoms with Crippen LogP contribution in [0, 0.1) is 0 Å². The summed E-state index contributed by atoms with van der Waals surface area (Å²) in [5.41, 5.74) is 11.9. The third-order valence-electron chi connectivity index (χ3n) is 2.50. The molecule has 4 heteroatoms. The van der Waals surface area contributed by atoms with Crippen LogP contribution in [0.2, 0.25) is 0 Å². The molecule has 1 aromatic rings. The maximum absolute atomic E-state index is 10.00. The number of aromatic nitrogens is 1. The van der Waals surface area contributed by atoms with Crippen molar-refractivity contribution in [3.05, 3.63) is 24.0 Å². The van der Waals surface area contributed by atoms with Gasteiger partial charge in [0.25, 0.3) is 0 Å². The van der Waals surface area contributed by atoms with Gasteiger partial charge in [-0.05, 0) is 18.1 Å². The van der Waals surface area contributed by atoms with E-state index in [1.807, 2.05) is 6.92 Å². The second kappa shape index (κ2) is 4.39. The molecule has 0 saturated carbocycles. The highest BCUT2D eigenvalue weighted by atomic mass is 16.3. The number of aliphatic hydroxyl groups is 1. The molecule has 0 radical (unpaired) electrons. The van der Waals surface area contributed by atoms with Crippen LogP contribution in [0.4, 0.5) is 5.69 Å². The van der Waals surface area contributed by atoms with E-state index in [1.54, 1.807) is 18.5 Å². The lowest BCUT2D eigenvalue weighted by Crippen LogP contribution is -2.39. The predicted molar refractivity (Wildman–Crippen MR) is 56.6 cm³/mol. The summed E-state index contributed by atoms with van der Waals surface area (Å²) >= 11 is 0. The number of nitrogens with zero attached hydrogens (tertiary/aromatic N) is 1. The van der Waals surface area contributed by atoms with Gasteiger partial charge in [-0.25, -0.2) is 0 Å². The third-order valence-corrected chi connectivity index (χ3v) is 2.50. The summed E-state index contributed by atoms with van der Waals surface area (Å²) < 4.78 is 0. The minimum absolute atomic E-state index is 0.234. The molecule has 0 saturated heterocycles. The van der Waals surface area contributed by atoms with E-state index in [-0.39, 0.29) is 6.54 Å². The maximum atomic E-state index is 10.00. The lowest BCUT2D eigenvalue weighted by atomic mass is 9.92. The normalized spacial score (nSPS) is 15.1. The van der Waals surface area contributed by atoms with Crippen molar-refractivity contribution >= 4 is 5.69 Å². The van der Waals surface area contributed by atoms with Crippen LogP contribution in [-0.4, -0.2) is 22.2 Å². The Labute approximate surface area is 83.9 Å². The molecule has 0 spiro atoms. The number of nitrogen functional groups attached to an aromatic ring is 1. The fourth-order valence-electron chi connectivity index (χ4n) is 1.28. The summed E-state index contributed by atoms with van der Waals surface area (Å²) in [6.45, 7) is 2.14. The Morgan fingerprint density at radius 1 is 1.57 bits per heavy atom. The molecule has 5 N–H and O–H groups in total. The van der Waals surface area contributed by atoms with Gasteiger partial charge in [0, 0.05) is 31.0 Å². The topological polar surface area (TPSA) is 85.2 Å². The molecule has 0 amide bonds. The van der Waals surface area contributed by atoms with Crippen LogP contribution in [0.3, 0.4) is 0 Å². The average Bonchev–Trinajstić information content (AvgIpc) is 2.21. The molecule has 14 heavy (non-hydrogen) atoms. The van der Waals surface area contributed by atoms with Gasteiger partial charge in [-0.3, -0.25) is 4.98 Å². The van der Waals surface area contributed by atoms with E-state index in [2.05, 4.69) is 4.98 Å². The van der Waals surface area contributed by atoms with Gasteiger partial charge in [-0.1, -0.05) is 6.92 Å². The van der Waals surface area contributed by atoms with Crippen LogP contribution in [-0.2, 0) is 6.42 Å². The molecule has 1 unspecified atom stereocenters. The van der Waals surface area contributed by atoms with Gasteiger partial charge in [-0.15, -0.1) is 0 Å². The van der Waals surface area contributed by atoms with Gasteiger partial charge >= 0.3 is 0 Å². The molecule has 0 fully saturated rings. The molecule has 0 aromatic carbocycles. The van der Waals surface area contributed by atoms with Crippen molar-refractivity contribution in [2.75, 3.05) is 12.3 Å². The van der Waals surface area contributed by atoms with Crippen molar-refractivity contribution in [1.29, 1.82) is 0 Å². The molecular weight excluding hydrogens is 178 g/mol. The van der Waals surface area contributed by atoms with Crippen molar-refractivity contribution < 1.29 is 5.11 Å². The number of nitrogens with two attached hydrogens (primary N) is 2. The summed E-state index contributed by atoms with van der Waals surface area (Å²) in [6, 6.07) is 1.72. The van der Waals surface area contributed by atoms with Crippen molar-refractivity contribution in [3.63, 3.8) is 0 Å². The number of anilines is 1. The number of hydrogen-bond acceptors (Lipinski definition) is 4. The number of hydrogen-bond donors (Lipinski definition) is 3. The van der Waals surface area contributed by atoms with Crippen LogP contribution in [0.5, 0.6) is 0 Å². The Morgan fingerprint density at radius 3 is 2.79 bits per heavy atom. The SMILES string of the molecule is CCC(O)(CN)Cc1cnccc1N. The second-order valence-corrected chi connectivity index (χ2v) is 3.53. The minimum Gasteiger partial charge on any atom is -0.398 e. The van der Waals surface area contributed by atoms with Crippen LogP contribution in [0.1, 0.15) is 18.9 Å². The van der Waals surface area contributed by atoms with Gasteiger partial charge in [-0.2, -0.15) is 0 Å². The van der Waals surface area contributed by atoms with E-state index >= 15 is 0 Å². The lowest BCUT2D eigenvalue weighted by Gasteiger charge is -2.25. The second-order valence-electron chi connectivity index (χ2n) is 3.53. The van der Waals surface area contributed by atoms with E-state index in [1.165, 1.54) is 0 Å². The first-order chi connectivity index (χ1) is 6.61. The number of pyridine rings is 1. The molecule has 0 bridgehead atoms. The van der Waals surface area contributed by atoms with Gasteiger partial charge in [0.05, 0.1) is 5.60 Å². The first-order valence-corrected chi connectivity index (χ1v) is 4.72. The van der Waals surface area contributed by atoms with Gasteiger partial charge in [0.2, 0.25) is 0 Å². The highest BCUT2D eigenvalue weighted by Crippen LogP contribution is 2.19. The zero-order valence-corrected chi connectivity index (χ0v) is 8.40. The first-order valence-electron chi connectivity index (χ1n) is 4.72. The molecular formula is C10H17N3O. The largest absolute Gasteiger partial charge is 0.398 e. The monoisotopic (exact) mass is 195 g/mol. The summed E-state index contributed by atoms with van der Waals surface area (Å²) in [7, 11) is 0. The van der Waals surface area contributed by atoms with Crippen LogP contribution < -0.4 is 11.5 Å². The van der Waals surface area contributed by atoms with Gasteiger partial charge in [0.1, 0.15) is 0 Å². The summed E-state index contributed by atoms with van der Waals surface area (Å²) in [4.78, 5) is 3.97. The summed E-state index contributed by atoms with van der Waals surface area (Å²) in [6.07, 6.45) is 4.37. The predicted octanol–water partition coefficient (Wildman–Crippen LogP) is 0.306. The Balaban J connectivity index is 2.82. The first kappa shape index (κ1) is 10.9. The molecule has 78 valence electrons. The Bertz CT molecular complexity index is 297. The van der Waals surface area contributed by atoms with E-state index < -0.39 is 5.60 Å². The van der Waals surface area contributed by atoms with Crippen LogP contribution in [0.25, 0.3) is 0 Å². The van der Waals surface area contributed by atoms with Crippen molar-refractivity contribution in [2.45, 2.75) is 25.4 Å². The van der Waals surface area contributed by atoms with Crippen LogP contribution in [0.15, 0.2) is 18.5 Å². The Kier molecular flexibility index (Phi) is 3.43. The Hall–Kier alpha value is -1.13. The maximum Gasteiger partial charge on any atom is 0.0808 e. The van der Waals surface area contributed by atoms with E-state index in [9.17, 15) is 5.11 Å². The molecule has 1 rings (SSSR count). The zero-order valence-electron chi connectivity index (χ0n) is 8.40. The minimum atomic E-state index is -0.864. The van der Waals surface area contributed by atoms with Gasteiger partial charge < -0.3 is 16.6 Å². The average molecular weight is 195 g/mol. The summed E-state index contributed by atoms with van der Waals surface area (Å²) in [5.74, 6) is 0. The van der Waals surface area contributed by atoms with Crippen LogP contribution >= 0.6 is 0 Å². The van der Waals surface area contributed by atoms with E-state index in [4.69, 9.17) is 11.5 Å². The Morgan fingerprint density at radius 2 is 2.29 bits per heavy atom. The molecule has 0 aliphatic heterocycles. The standard InChI is InChI=1S/C10H17N3O/c1-2-10(14,7-11)5-8-6-13-4-3-9(8)12/h3-4,6,14H,2,5,7,11H2,1H3,(H2,12,13). The smallest absolute Gasteiger partial charge is 0.0808 e. The molecule has 1 heterocycles. The quantitative estimate of drug-likeness (QED) is 0.645. The molecule has 1 atom stereocenters. The molecule has 0 aliphatic rings. The third kappa shape index (κ3) is 2.43. The zero-order chi connectivity index (χ0) is 10.6. The highest BCUT2D eigenvalue weighted by Gasteiger charge is 2.23. The number of rotatable bonds is 4.